The quantitative estimate of drug-likeness (QED) is 0.356. The first-order chi connectivity index (χ1) is 13.2. The zero-order valence-corrected chi connectivity index (χ0v) is 20.4. The summed E-state index contributed by atoms with van der Waals surface area (Å²) in [6, 6.07) is 6.76. The molecule has 1 aromatic carbocycles. The Labute approximate surface area is 183 Å². The Morgan fingerprint density at radius 3 is 1.86 bits per heavy atom. The summed E-state index contributed by atoms with van der Waals surface area (Å²) < 4.78 is -1.11. The second-order valence-corrected chi connectivity index (χ2v) is 11.7. The van der Waals surface area contributed by atoms with E-state index in [9.17, 15) is 15.0 Å². The predicted octanol–water partition coefficient (Wildman–Crippen LogP) is 6.98. The van der Waals surface area contributed by atoms with Crippen molar-refractivity contribution in [3.63, 3.8) is 0 Å². The lowest BCUT2D eigenvalue weighted by Crippen LogP contribution is -2.37. The highest BCUT2D eigenvalue weighted by atomic mass is 32.1. The Bertz CT molecular complexity index is 640. The lowest BCUT2D eigenvalue weighted by molar-refractivity contribution is -0.140. The molecule has 3 atom stereocenters. The monoisotopic (exact) mass is 422 g/mol. The molecule has 166 valence electrons. The number of carboxylic acid groups (broad SMARTS) is 1. The molecule has 0 aliphatic carbocycles. The van der Waals surface area contributed by atoms with Gasteiger partial charge in [-0.3, -0.25) is 4.79 Å². The van der Waals surface area contributed by atoms with Crippen molar-refractivity contribution in [3.8, 4) is 5.75 Å². The highest BCUT2D eigenvalue weighted by Gasteiger charge is 2.38. The zero-order chi connectivity index (χ0) is 22.5. The van der Waals surface area contributed by atoms with E-state index in [1.54, 1.807) is 24.3 Å². The van der Waals surface area contributed by atoms with E-state index in [4.69, 9.17) is 0 Å². The molecule has 0 aliphatic rings. The third kappa shape index (κ3) is 8.24. The van der Waals surface area contributed by atoms with Gasteiger partial charge in [-0.05, 0) is 66.0 Å². The molecule has 0 bridgehead atoms. The molecule has 0 fully saturated rings. The molecule has 3 nitrogen and oxygen atoms in total. The molecular weight excluding hydrogens is 380 g/mol. The molecule has 4 heteroatoms. The van der Waals surface area contributed by atoms with Crippen molar-refractivity contribution in [2.75, 3.05) is 0 Å². The first-order valence-corrected chi connectivity index (χ1v) is 11.4. The van der Waals surface area contributed by atoms with Crippen LogP contribution in [0.2, 0.25) is 0 Å². The van der Waals surface area contributed by atoms with Crippen LogP contribution in [-0.2, 0) is 11.2 Å². The van der Waals surface area contributed by atoms with E-state index in [2.05, 4.69) is 61.1 Å². The van der Waals surface area contributed by atoms with Crippen LogP contribution in [-0.4, -0.2) is 20.9 Å². The van der Waals surface area contributed by atoms with Gasteiger partial charge in [-0.15, -0.1) is 0 Å². The molecule has 3 unspecified atom stereocenters. The molecule has 2 N–H and O–H groups in total. The minimum atomic E-state index is -1.11. The molecule has 1 aromatic rings. The predicted molar refractivity (Wildman–Crippen MR) is 126 cm³/mol. The van der Waals surface area contributed by atoms with Gasteiger partial charge in [0.2, 0.25) is 0 Å². The molecule has 0 aromatic heterocycles. The van der Waals surface area contributed by atoms with Crippen molar-refractivity contribution in [1.82, 2.24) is 0 Å². The fraction of sp³-hybridized carbons (Fsp3) is 0.720. The van der Waals surface area contributed by atoms with Gasteiger partial charge < -0.3 is 10.2 Å². The summed E-state index contributed by atoms with van der Waals surface area (Å²) in [7, 11) is 0. The van der Waals surface area contributed by atoms with E-state index in [0.29, 0.717) is 24.7 Å². The van der Waals surface area contributed by atoms with Gasteiger partial charge in [-0.2, -0.15) is 12.6 Å². The van der Waals surface area contributed by atoms with Gasteiger partial charge >= 0.3 is 5.97 Å². The van der Waals surface area contributed by atoms with Crippen LogP contribution in [0.15, 0.2) is 24.3 Å². The summed E-state index contributed by atoms with van der Waals surface area (Å²) in [6.07, 6.45) is 5.20. The number of benzene rings is 1. The van der Waals surface area contributed by atoms with Crippen LogP contribution < -0.4 is 0 Å². The summed E-state index contributed by atoms with van der Waals surface area (Å²) in [4.78, 5) is 12.1. The summed E-state index contributed by atoms with van der Waals surface area (Å²) >= 11 is 4.65. The Morgan fingerprint density at radius 2 is 1.45 bits per heavy atom. The van der Waals surface area contributed by atoms with Crippen LogP contribution in [0.3, 0.4) is 0 Å². The fourth-order valence-electron chi connectivity index (χ4n) is 4.14. The average Bonchev–Trinajstić information content (AvgIpc) is 2.57. The molecule has 0 saturated carbocycles. The standard InChI is InChI=1S/C25H42O3S/c1-8-9-19(23(2,3)4)16-20(24(5,6)7)14-15-25(29,22(27)28)17-18-10-12-21(26)13-11-18/h10-13,19-20,26,29H,8-9,14-17H2,1-7H3,(H,27,28). The van der Waals surface area contributed by atoms with Crippen molar-refractivity contribution in [3.05, 3.63) is 29.8 Å². The maximum Gasteiger partial charge on any atom is 0.319 e. The number of aromatic hydroxyl groups is 1. The maximum atomic E-state index is 12.1. The van der Waals surface area contributed by atoms with Crippen molar-refractivity contribution >= 4 is 18.6 Å². The largest absolute Gasteiger partial charge is 0.508 e. The first kappa shape index (κ1) is 25.9. The number of carboxylic acids is 1. The smallest absolute Gasteiger partial charge is 0.319 e. The number of phenols is 1. The Hall–Kier alpha value is -1.16. The van der Waals surface area contributed by atoms with Crippen LogP contribution >= 0.6 is 12.6 Å². The highest BCUT2D eigenvalue weighted by Crippen LogP contribution is 2.43. The summed E-state index contributed by atoms with van der Waals surface area (Å²) in [6.45, 7) is 16.0. The number of aliphatic carboxylic acids is 1. The van der Waals surface area contributed by atoms with E-state index in [0.717, 1.165) is 18.4 Å². The van der Waals surface area contributed by atoms with Crippen molar-refractivity contribution in [1.29, 1.82) is 0 Å². The summed E-state index contributed by atoms with van der Waals surface area (Å²) in [5.74, 6) is 0.366. The number of phenolic OH excluding ortho intramolecular Hbond substituents is 1. The van der Waals surface area contributed by atoms with Gasteiger partial charge in [-0.25, -0.2) is 0 Å². The highest BCUT2D eigenvalue weighted by molar-refractivity contribution is 7.82. The van der Waals surface area contributed by atoms with Gasteiger partial charge in [0.05, 0.1) is 0 Å². The van der Waals surface area contributed by atoms with Crippen LogP contribution in [0.1, 0.15) is 86.1 Å². The lowest BCUT2D eigenvalue weighted by atomic mass is 9.66. The van der Waals surface area contributed by atoms with Gasteiger partial charge in [0, 0.05) is 0 Å². The van der Waals surface area contributed by atoms with Crippen LogP contribution in [0.4, 0.5) is 0 Å². The molecule has 0 spiro atoms. The van der Waals surface area contributed by atoms with Crippen LogP contribution in [0, 0.1) is 22.7 Å². The van der Waals surface area contributed by atoms with E-state index < -0.39 is 10.7 Å². The first-order valence-electron chi connectivity index (χ1n) is 10.9. The molecule has 0 saturated heterocycles. The minimum Gasteiger partial charge on any atom is -0.508 e. The molecular formula is C25H42O3S. The third-order valence-corrected chi connectivity index (χ3v) is 6.97. The van der Waals surface area contributed by atoms with Gasteiger partial charge in [0.25, 0.3) is 0 Å². The molecule has 0 heterocycles. The van der Waals surface area contributed by atoms with Crippen LogP contribution in [0.5, 0.6) is 5.75 Å². The number of carbonyl (C=O) groups is 1. The average molecular weight is 423 g/mol. The fourth-order valence-corrected chi connectivity index (χ4v) is 4.45. The Kier molecular flexibility index (Phi) is 9.13. The van der Waals surface area contributed by atoms with Crippen LogP contribution in [0.25, 0.3) is 0 Å². The topological polar surface area (TPSA) is 57.5 Å². The number of rotatable bonds is 10. The molecule has 0 radical (unpaired) electrons. The van der Waals surface area contributed by atoms with Gasteiger partial charge in [0.15, 0.2) is 0 Å². The number of hydrogen-bond donors (Lipinski definition) is 3. The molecule has 0 aliphatic heterocycles. The van der Waals surface area contributed by atoms with E-state index in [-0.39, 0.29) is 16.6 Å². The Morgan fingerprint density at radius 1 is 0.966 bits per heavy atom. The van der Waals surface area contributed by atoms with E-state index in [1.165, 1.54) is 12.8 Å². The normalized spacial score (nSPS) is 16.8. The zero-order valence-electron chi connectivity index (χ0n) is 19.5. The second kappa shape index (κ2) is 10.2. The SMILES string of the molecule is CCCC(CC(CCC(S)(Cc1ccc(O)cc1)C(=O)O)C(C)(C)C)C(C)(C)C. The molecule has 29 heavy (non-hydrogen) atoms. The van der Waals surface area contributed by atoms with E-state index in [1.807, 2.05) is 0 Å². The second-order valence-electron chi connectivity index (χ2n) is 10.9. The summed E-state index contributed by atoms with van der Waals surface area (Å²) in [5.41, 5.74) is 1.24. The molecule has 0 amide bonds. The van der Waals surface area contributed by atoms with Gasteiger partial charge in [0.1, 0.15) is 10.5 Å². The van der Waals surface area contributed by atoms with Gasteiger partial charge in [-0.1, -0.05) is 73.4 Å². The number of thiol groups is 1. The maximum absolute atomic E-state index is 12.1. The number of hydrogen-bond acceptors (Lipinski definition) is 3. The van der Waals surface area contributed by atoms with Crippen molar-refractivity contribution in [2.24, 2.45) is 22.7 Å². The van der Waals surface area contributed by atoms with E-state index >= 15 is 0 Å². The van der Waals surface area contributed by atoms with Crippen molar-refractivity contribution in [2.45, 2.75) is 91.7 Å². The third-order valence-electron chi connectivity index (χ3n) is 6.39. The van der Waals surface area contributed by atoms with Crippen molar-refractivity contribution < 1.29 is 15.0 Å². The Balaban J connectivity index is 2.99. The lowest BCUT2D eigenvalue weighted by Gasteiger charge is -2.40. The summed E-state index contributed by atoms with van der Waals surface area (Å²) in [5, 5.41) is 19.4. The molecule has 1 rings (SSSR count). The minimum absolute atomic E-state index is 0.114.